The van der Waals surface area contributed by atoms with Crippen molar-refractivity contribution in [3.05, 3.63) is 47.8 Å². The molecule has 0 aromatic carbocycles. The van der Waals surface area contributed by atoms with E-state index >= 15 is 0 Å². The van der Waals surface area contributed by atoms with Gasteiger partial charge in [-0.05, 0) is 6.07 Å². The number of nitrogens with zero attached hydrogens (tertiary/aromatic N) is 4. The molecule has 6 heteroatoms. The second-order valence-electron chi connectivity index (χ2n) is 4.05. The molecule has 2 heterocycles. The molecule has 0 aliphatic carbocycles. The van der Waals surface area contributed by atoms with Crippen molar-refractivity contribution in [2.45, 2.75) is 6.54 Å². The van der Waals surface area contributed by atoms with Gasteiger partial charge in [-0.15, -0.1) is 0 Å². The summed E-state index contributed by atoms with van der Waals surface area (Å²) in [5, 5.41) is 4.02. The molecule has 0 fully saturated rings. The van der Waals surface area contributed by atoms with Gasteiger partial charge in [-0.1, -0.05) is 0 Å². The predicted octanol–water partition coefficient (Wildman–Crippen LogP) is 1.23. The van der Waals surface area contributed by atoms with Crippen LogP contribution in [-0.2, 0) is 13.6 Å². The number of rotatable bonds is 3. The highest BCUT2D eigenvalue weighted by Gasteiger charge is 2.13. The maximum atomic E-state index is 12.9. The number of carbonyl (C=O) groups excluding carboxylic acids is 1. The highest BCUT2D eigenvalue weighted by molar-refractivity contribution is 5.93. The fourth-order valence-electron chi connectivity index (χ4n) is 1.66. The third kappa shape index (κ3) is 2.71. The van der Waals surface area contributed by atoms with E-state index in [1.165, 1.54) is 17.2 Å². The lowest BCUT2D eigenvalue weighted by Gasteiger charge is -2.16. The summed E-state index contributed by atoms with van der Waals surface area (Å²) in [6.07, 6.45) is 4.80. The minimum atomic E-state index is -0.657. The largest absolute Gasteiger partial charge is 0.337 e. The molecule has 0 saturated carbocycles. The zero-order valence-electron chi connectivity index (χ0n) is 10.2. The second-order valence-corrected chi connectivity index (χ2v) is 4.05. The summed E-state index contributed by atoms with van der Waals surface area (Å²) in [4.78, 5) is 16.9. The smallest absolute Gasteiger partial charge is 0.254 e. The highest BCUT2D eigenvalue weighted by atomic mass is 19.1. The molecule has 0 aliphatic rings. The van der Waals surface area contributed by atoms with E-state index in [0.717, 1.165) is 11.6 Å². The number of amides is 1. The van der Waals surface area contributed by atoms with E-state index in [2.05, 4.69) is 10.1 Å². The quantitative estimate of drug-likeness (QED) is 0.767. The highest BCUT2D eigenvalue weighted by Crippen LogP contribution is 2.08. The van der Waals surface area contributed by atoms with Crippen molar-refractivity contribution in [1.82, 2.24) is 19.7 Å². The molecular formula is C12H13FN4O. The number of hydrogen-bond donors (Lipinski definition) is 0. The minimum Gasteiger partial charge on any atom is -0.337 e. The molecule has 0 unspecified atom stereocenters. The summed E-state index contributed by atoms with van der Waals surface area (Å²) in [5.74, 6) is -0.907. The molecule has 0 bridgehead atoms. The van der Waals surface area contributed by atoms with Gasteiger partial charge in [0.25, 0.3) is 5.91 Å². The number of halogens is 1. The summed E-state index contributed by atoms with van der Waals surface area (Å²) < 4.78 is 14.6. The van der Waals surface area contributed by atoms with Gasteiger partial charge in [0.05, 0.1) is 6.20 Å². The van der Waals surface area contributed by atoms with Crippen LogP contribution in [0.3, 0.4) is 0 Å². The molecule has 0 saturated heterocycles. The summed E-state index contributed by atoms with van der Waals surface area (Å²) in [7, 11) is 3.47. The number of hydrogen-bond acceptors (Lipinski definition) is 3. The van der Waals surface area contributed by atoms with E-state index in [-0.39, 0.29) is 11.5 Å². The Morgan fingerprint density at radius 1 is 1.56 bits per heavy atom. The third-order valence-corrected chi connectivity index (χ3v) is 2.50. The normalized spacial score (nSPS) is 10.4. The first kappa shape index (κ1) is 12.2. The van der Waals surface area contributed by atoms with Gasteiger partial charge in [0, 0.05) is 50.2 Å². The lowest BCUT2D eigenvalue weighted by Crippen LogP contribution is -2.26. The average molecular weight is 248 g/mol. The molecule has 1 amide bonds. The zero-order valence-corrected chi connectivity index (χ0v) is 10.2. The molecule has 0 atom stereocenters. The van der Waals surface area contributed by atoms with E-state index in [1.54, 1.807) is 17.9 Å². The first-order chi connectivity index (χ1) is 8.56. The lowest BCUT2D eigenvalue weighted by atomic mass is 10.2. The van der Waals surface area contributed by atoms with E-state index in [4.69, 9.17) is 0 Å². The van der Waals surface area contributed by atoms with Gasteiger partial charge in [0.2, 0.25) is 5.95 Å². The lowest BCUT2D eigenvalue weighted by molar-refractivity contribution is 0.0784. The van der Waals surface area contributed by atoms with Gasteiger partial charge in [-0.3, -0.25) is 9.48 Å². The van der Waals surface area contributed by atoms with Crippen LogP contribution in [-0.4, -0.2) is 32.6 Å². The van der Waals surface area contributed by atoms with Gasteiger partial charge in [0.1, 0.15) is 0 Å². The van der Waals surface area contributed by atoms with Crippen molar-refractivity contribution in [3.8, 4) is 0 Å². The second kappa shape index (κ2) is 4.95. The maximum absolute atomic E-state index is 12.9. The first-order valence-corrected chi connectivity index (χ1v) is 5.41. The SMILES string of the molecule is CN(Cc1cnn(C)c1)C(=O)c1ccnc(F)c1. The maximum Gasteiger partial charge on any atom is 0.254 e. The average Bonchev–Trinajstić information content (AvgIpc) is 2.73. The van der Waals surface area contributed by atoms with Crippen LogP contribution in [0, 0.1) is 5.95 Å². The predicted molar refractivity (Wildman–Crippen MR) is 63.2 cm³/mol. The molecule has 0 N–H and O–H groups in total. The molecule has 0 aliphatic heterocycles. The third-order valence-electron chi connectivity index (χ3n) is 2.50. The summed E-state index contributed by atoms with van der Waals surface area (Å²) >= 11 is 0. The standard InChI is InChI=1S/C12H13FN4O/c1-16(7-9-6-15-17(2)8-9)12(18)10-3-4-14-11(13)5-10/h3-6,8H,7H2,1-2H3. The summed E-state index contributed by atoms with van der Waals surface area (Å²) in [6, 6.07) is 2.62. The van der Waals surface area contributed by atoms with Crippen LogP contribution in [0.15, 0.2) is 30.7 Å². The van der Waals surface area contributed by atoms with Crippen molar-refractivity contribution in [1.29, 1.82) is 0 Å². The summed E-state index contributed by atoms with van der Waals surface area (Å²) in [5.41, 5.74) is 1.21. The van der Waals surface area contributed by atoms with E-state index in [9.17, 15) is 9.18 Å². The molecule has 0 spiro atoms. The molecule has 0 radical (unpaired) electrons. The van der Waals surface area contributed by atoms with E-state index < -0.39 is 5.95 Å². The Kier molecular flexibility index (Phi) is 3.36. The molecule has 5 nitrogen and oxygen atoms in total. The molecular weight excluding hydrogens is 235 g/mol. The van der Waals surface area contributed by atoms with Crippen LogP contribution in [0.2, 0.25) is 0 Å². The number of pyridine rings is 1. The van der Waals surface area contributed by atoms with E-state index in [0.29, 0.717) is 6.54 Å². The van der Waals surface area contributed by atoms with E-state index in [1.807, 2.05) is 13.2 Å². The topological polar surface area (TPSA) is 51.0 Å². The van der Waals surface area contributed by atoms with Gasteiger partial charge >= 0.3 is 0 Å². The van der Waals surface area contributed by atoms with Crippen LogP contribution < -0.4 is 0 Å². The van der Waals surface area contributed by atoms with Crippen molar-refractivity contribution in [2.75, 3.05) is 7.05 Å². The van der Waals surface area contributed by atoms with Crippen molar-refractivity contribution < 1.29 is 9.18 Å². The van der Waals surface area contributed by atoms with Gasteiger partial charge in [-0.25, -0.2) is 4.98 Å². The molecule has 2 aromatic rings. The van der Waals surface area contributed by atoms with Crippen LogP contribution in [0.4, 0.5) is 4.39 Å². The number of aromatic nitrogens is 3. The van der Waals surface area contributed by atoms with Crippen LogP contribution in [0.5, 0.6) is 0 Å². The van der Waals surface area contributed by atoms with Crippen molar-refractivity contribution in [2.24, 2.45) is 7.05 Å². The Labute approximate surface area is 104 Å². The molecule has 94 valence electrons. The molecule has 2 aromatic heterocycles. The van der Waals surface area contributed by atoms with Crippen molar-refractivity contribution >= 4 is 5.91 Å². The van der Waals surface area contributed by atoms with Gasteiger partial charge in [0.15, 0.2) is 0 Å². The van der Waals surface area contributed by atoms with Crippen LogP contribution >= 0.6 is 0 Å². The zero-order chi connectivity index (χ0) is 13.1. The molecule has 2 rings (SSSR count). The summed E-state index contributed by atoms with van der Waals surface area (Å²) in [6.45, 7) is 0.427. The Morgan fingerprint density at radius 3 is 2.94 bits per heavy atom. The Balaban J connectivity index is 2.09. The Morgan fingerprint density at radius 2 is 2.33 bits per heavy atom. The molecule has 18 heavy (non-hydrogen) atoms. The van der Waals surface area contributed by atoms with Gasteiger partial charge in [-0.2, -0.15) is 9.49 Å². The van der Waals surface area contributed by atoms with Crippen molar-refractivity contribution in [3.63, 3.8) is 0 Å². The fourth-order valence-corrected chi connectivity index (χ4v) is 1.66. The Hall–Kier alpha value is -2.24. The number of aryl methyl sites for hydroxylation is 1. The van der Waals surface area contributed by atoms with Crippen LogP contribution in [0.1, 0.15) is 15.9 Å². The Bertz CT molecular complexity index is 567. The van der Waals surface area contributed by atoms with Crippen LogP contribution in [0.25, 0.3) is 0 Å². The fraction of sp³-hybridized carbons (Fsp3) is 0.250. The first-order valence-electron chi connectivity index (χ1n) is 5.41. The van der Waals surface area contributed by atoms with Gasteiger partial charge < -0.3 is 4.90 Å². The number of carbonyl (C=O) groups is 1. The minimum absolute atomic E-state index is 0.250. The monoisotopic (exact) mass is 248 g/mol.